The molecule has 0 fully saturated rings. The second kappa shape index (κ2) is 8.02. The van der Waals surface area contributed by atoms with Gasteiger partial charge >= 0.3 is 0 Å². The lowest BCUT2D eigenvalue weighted by Crippen LogP contribution is -2.32. The van der Waals surface area contributed by atoms with Gasteiger partial charge in [-0.3, -0.25) is 14.6 Å². The van der Waals surface area contributed by atoms with Crippen molar-refractivity contribution in [2.45, 2.75) is 20.4 Å². The number of hydrogen-bond donors (Lipinski definition) is 2. The Bertz CT molecular complexity index is 1160. The van der Waals surface area contributed by atoms with Crippen LogP contribution in [0.2, 0.25) is 0 Å². The molecular formula is C23H24N4O3. The van der Waals surface area contributed by atoms with E-state index in [2.05, 4.69) is 20.2 Å². The zero-order chi connectivity index (χ0) is 21.3. The number of ether oxygens (including phenoxy) is 1. The Labute approximate surface area is 174 Å². The molecule has 3 heterocycles. The van der Waals surface area contributed by atoms with Gasteiger partial charge in [-0.05, 0) is 49.2 Å². The summed E-state index contributed by atoms with van der Waals surface area (Å²) in [5, 5.41) is 2.89. The molecule has 30 heavy (non-hydrogen) atoms. The number of aromatic nitrogens is 2. The van der Waals surface area contributed by atoms with Gasteiger partial charge in [0.05, 0.1) is 17.8 Å². The lowest BCUT2D eigenvalue weighted by atomic mass is 10.0. The molecule has 3 aromatic rings. The van der Waals surface area contributed by atoms with Crippen LogP contribution in [0, 0.1) is 13.8 Å². The van der Waals surface area contributed by atoms with Crippen molar-refractivity contribution in [3.63, 3.8) is 0 Å². The van der Waals surface area contributed by atoms with Crippen LogP contribution < -0.4 is 20.5 Å². The van der Waals surface area contributed by atoms with E-state index in [9.17, 15) is 9.59 Å². The van der Waals surface area contributed by atoms with Crippen LogP contribution in [0.15, 0.2) is 47.5 Å². The first-order chi connectivity index (χ1) is 14.4. The van der Waals surface area contributed by atoms with Crippen molar-refractivity contribution in [2.75, 3.05) is 25.1 Å². The maximum absolute atomic E-state index is 13.1. The average molecular weight is 404 g/mol. The van der Waals surface area contributed by atoms with E-state index in [-0.39, 0.29) is 18.0 Å². The zero-order valence-electron chi connectivity index (χ0n) is 17.3. The number of fused-ring (bicyclic) bond motifs is 1. The average Bonchev–Trinajstić information content (AvgIpc) is 2.73. The number of anilines is 1. The van der Waals surface area contributed by atoms with Gasteiger partial charge in [-0.15, -0.1) is 0 Å². The lowest BCUT2D eigenvalue weighted by Gasteiger charge is -2.29. The Kier molecular flexibility index (Phi) is 5.27. The van der Waals surface area contributed by atoms with Crippen LogP contribution in [0.4, 0.5) is 5.69 Å². The van der Waals surface area contributed by atoms with Gasteiger partial charge in [0.2, 0.25) is 0 Å². The Balaban J connectivity index is 1.70. The number of carbonyl (C=O) groups excluding carboxylic acids is 1. The van der Waals surface area contributed by atoms with Gasteiger partial charge in [0.15, 0.2) is 5.75 Å². The van der Waals surface area contributed by atoms with E-state index < -0.39 is 0 Å². The molecule has 154 valence electrons. The van der Waals surface area contributed by atoms with Crippen molar-refractivity contribution in [2.24, 2.45) is 0 Å². The number of nitrogens with zero attached hydrogens (tertiary/aromatic N) is 2. The summed E-state index contributed by atoms with van der Waals surface area (Å²) in [5.41, 5.74) is 5.10. The predicted molar refractivity (Wildman–Crippen MR) is 116 cm³/mol. The van der Waals surface area contributed by atoms with Crippen molar-refractivity contribution < 1.29 is 9.53 Å². The summed E-state index contributed by atoms with van der Waals surface area (Å²) in [6.45, 7) is 5.09. The summed E-state index contributed by atoms with van der Waals surface area (Å²) in [6.07, 6.45) is 3.48. The lowest BCUT2D eigenvalue weighted by molar-refractivity contribution is 0.0946. The second-order valence-corrected chi connectivity index (χ2v) is 7.51. The number of benzene rings is 1. The van der Waals surface area contributed by atoms with Crippen LogP contribution in [-0.2, 0) is 6.54 Å². The van der Waals surface area contributed by atoms with Crippen LogP contribution >= 0.6 is 0 Å². The predicted octanol–water partition coefficient (Wildman–Crippen LogP) is 2.81. The third-order valence-corrected chi connectivity index (χ3v) is 5.31. The van der Waals surface area contributed by atoms with Gasteiger partial charge in [0, 0.05) is 42.8 Å². The van der Waals surface area contributed by atoms with Gasteiger partial charge in [-0.2, -0.15) is 0 Å². The number of aromatic amines is 1. The molecule has 7 nitrogen and oxygen atoms in total. The summed E-state index contributed by atoms with van der Waals surface area (Å²) < 4.78 is 5.87. The molecule has 0 aliphatic carbocycles. The van der Waals surface area contributed by atoms with E-state index in [1.54, 1.807) is 12.4 Å². The molecule has 1 aliphatic heterocycles. The SMILES string of the molecule is Cc1cc(C)c(CNC(=O)c2cc(-c3cccnc3)cc3c2OCCN3C)c(=O)[nH]1. The van der Waals surface area contributed by atoms with Crippen LogP contribution in [0.25, 0.3) is 11.1 Å². The number of aryl methyl sites for hydroxylation is 2. The number of H-pyrrole nitrogens is 1. The van der Waals surface area contributed by atoms with Crippen LogP contribution in [0.5, 0.6) is 5.75 Å². The normalized spacial score (nSPS) is 12.8. The van der Waals surface area contributed by atoms with E-state index in [1.807, 2.05) is 51.2 Å². The first-order valence-corrected chi connectivity index (χ1v) is 9.84. The summed E-state index contributed by atoms with van der Waals surface area (Å²) in [7, 11) is 1.98. The topological polar surface area (TPSA) is 87.3 Å². The Morgan fingerprint density at radius 2 is 2.10 bits per heavy atom. The summed E-state index contributed by atoms with van der Waals surface area (Å²) >= 11 is 0. The molecule has 1 aromatic carbocycles. The van der Waals surface area contributed by atoms with Crippen LogP contribution in [0.1, 0.15) is 27.2 Å². The number of nitrogens with one attached hydrogen (secondary N) is 2. The number of carbonyl (C=O) groups is 1. The smallest absolute Gasteiger partial charge is 0.255 e. The maximum atomic E-state index is 13.1. The molecule has 7 heteroatoms. The second-order valence-electron chi connectivity index (χ2n) is 7.51. The minimum Gasteiger partial charge on any atom is -0.489 e. The number of rotatable bonds is 4. The highest BCUT2D eigenvalue weighted by atomic mass is 16.5. The Hall–Kier alpha value is -3.61. The molecule has 0 spiro atoms. The van der Waals surface area contributed by atoms with Gasteiger partial charge in [0.1, 0.15) is 6.61 Å². The fourth-order valence-corrected chi connectivity index (χ4v) is 3.69. The fourth-order valence-electron chi connectivity index (χ4n) is 3.69. The highest BCUT2D eigenvalue weighted by molar-refractivity contribution is 6.00. The third-order valence-electron chi connectivity index (χ3n) is 5.31. The number of pyridine rings is 2. The van der Waals surface area contributed by atoms with Crippen molar-refractivity contribution in [3.05, 3.63) is 75.5 Å². The molecule has 0 saturated heterocycles. The van der Waals surface area contributed by atoms with Gasteiger partial charge < -0.3 is 19.9 Å². The number of hydrogen-bond acceptors (Lipinski definition) is 5. The van der Waals surface area contributed by atoms with E-state index in [1.165, 1.54) is 0 Å². The van der Waals surface area contributed by atoms with Crippen molar-refractivity contribution >= 4 is 11.6 Å². The Morgan fingerprint density at radius 1 is 1.27 bits per heavy atom. The first kappa shape index (κ1) is 19.7. The van der Waals surface area contributed by atoms with E-state index in [4.69, 9.17) is 4.74 Å². The molecule has 1 amide bonds. The molecule has 2 N–H and O–H groups in total. The van der Waals surface area contributed by atoms with Gasteiger partial charge in [0.25, 0.3) is 11.5 Å². The van der Waals surface area contributed by atoms with Crippen molar-refractivity contribution in [1.82, 2.24) is 15.3 Å². The largest absolute Gasteiger partial charge is 0.489 e. The monoisotopic (exact) mass is 404 g/mol. The maximum Gasteiger partial charge on any atom is 0.255 e. The van der Waals surface area contributed by atoms with Crippen molar-refractivity contribution in [3.8, 4) is 16.9 Å². The zero-order valence-corrected chi connectivity index (χ0v) is 17.3. The molecule has 2 aromatic heterocycles. The molecule has 0 bridgehead atoms. The molecule has 0 radical (unpaired) electrons. The van der Waals surface area contributed by atoms with Crippen LogP contribution in [0.3, 0.4) is 0 Å². The molecule has 1 aliphatic rings. The van der Waals surface area contributed by atoms with E-state index >= 15 is 0 Å². The highest BCUT2D eigenvalue weighted by Crippen LogP contribution is 2.38. The fraction of sp³-hybridized carbons (Fsp3) is 0.261. The van der Waals surface area contributed by atoms with Gasteiger partial charge in [-0.1, -0.05) is 6.07 Å². The third kappa shape index (κ3) is 3.78. The van der Waals surface area contributed by atoms with Gasteiger partial charge in [-0.25, -0.2) is 0 Å². The van der Waals surface area contributed by atoms with E-state index in [0.717, 1.165) is 34.6 Å². The minimum absolute atomic E-state index is 0.141. The number of amides is 1. The molecule has 4 rings (SSSR count). The molecule has 0 atom stereocenters. The molecular weight excluding hydrogens is 380 g/mol. The van der Waals surface area contributed by atoms with E-state index in [0.29, 0.717) is 23.5 Å². The minimum atomic E-state index is -0.285. The summed E-state index contributed by atoms with van der Waals surface area (Å²) in [5.74, 6) is 0.273. The molecule has 0 unspecified atom stereocenters. The molecule has 0 saturated carbocycles. The first-order valence-electron chi connectivity index (χ1n) is 9.84. The van der Waals surface area contributed by atoms with Crippen LogP contribution in [-0.4, -0.2) is 36.1 Å². The summed E-state index contributed by atoms with van der Waals surface area (Å²) in [4.78, 5) is 34.5. The number of likely N-dealkylation sites (N-methyl/N-ethyl adjacent to an activating group) is 1. The standard InChI is InChI=1S/C23H24N4O3/c1-14-9-15(2)26-23(29)19(14)13-25-22(28)18-10-17(16-5-4-6-24-12-16)11-20-21(18)30-8-7-27(20)3/h4-6,9-12H,7-8,13H2,1-3H3,(H,25,28)(H,26,29). The Morgan fingerprint density at radius 3 is 2.83 bits per heavy atom. The summed E-state index contributed by atoms with van der Waals surface area (Å²) in [6, 6.07) is 9.54. The highest BCUT2D eigenvalue weighted by Gasteiger charge is 2.24. The van der Waals surface area contributed by atoms with Crippen molar-refractivity contribution in [1.29, 1.82) is 0 Å². The quantitative estimate of drug-likeness (QED) is 0.698.